The lowest BCUT2D eigenvalue weighted by atomic mass is 9.98. The van der Waals surface area contributed by atoms with Gasteiger partial charge in [0.25, 0.3) is 0 Å². The summed E-state index contributed by atoms with van der Waals surface area (Å²) in [7, 11) is 0. The van der Waals surface area contributed by atoms with Crippen molar-refractivity contribution in [3.63, 3.8) is 0 Å². The van der Waals surface area contributed by atoms with Crippen molar-refractivity contribution in [1.82, 2.24) is 0 Å². The fourth-order valence-electron chi connectivity index (χ4n) is 1.60. The van der Waals surface area contributed by atoms with E-state index >= 15 is 0 Å². The molecule has 70 valence electrons. The summed E-state index contributed by atoms with van der Waals surface area (Å²) in [5.41, 5.74) is 3.29. The van der Waals surface area contributed by atoms with Gasteiger partial charge in [0.1, 0.15) is 0 Å². The minimum Gasteiger partial charge on any atom is -0.481 e. The van der Waals surface area contributed by atoms with Gasteiger partial charge < -0.3 is 5.11 Å². The molecule has 0 aliphatic carbocycles. The fourth-order valence-corrected chi connectivity index (χ4v) is 1.60. The molecule has 1 N–H and O–H groups in total. The van der Waals surface area contributed by atoms with Crippen molar-refractivity contribution in [2.45, 2.75) is 26.7 Å². The van der Waals surface area contributed by atoms with Crippen LogP contribution in [0.15, 0.2) is 18.2 Å². The van der Waals surface area contributed by atoms with Gasteiger partial charge >= 0.3 is 5.97 Å². The van der Waals surface area contributed by atoms with Gasteiger partial charge in [-0.15, -0.1) is 0 Å². The van der Waals surface area contributed by atoms with Crippen LogP contribution in [0.25, 0.3) is 0 Å². The van der Waals surface area contributed by atoms with Crippen LogP contribution in [-0.4, -0.2) is 11.1 Å². The molecule has 0 atom stereocenters. The highest BCUT2D eigenvalue weighted by Crippen LogP contribution is 2.15. The molecule has 1 aromatic carbocycles. The Hall–Kier alpha value is -1.31. The van der Waals surface area contributed by atoms with E-state index in [2.05, 4.69) is 0 Å². The quantitative estimate of drug-likeness (QED) is 0.770. The zero-order chi connectivity index (χ0) is 9.84. The lowest BCUT2D eigenvalue weighted by molar-refractivity contribution is -0.136. The Morgan fingerprint density at radius 2 is 2.15 bits per heavy atom. The highest BCUT2D eigenvalue weighted by molar-refractivity contribution is 5.71. The predicted molar refractivity (Wildman–Crippen MR) is 51.9 cm³/mol. The SMILES string of the molecule is CCc1c(C)cccc1CC(=O)O. The lowest BCUT2D eigenvalue weighted by Gasteiger charge is -2.08. The zero-order valence-corrected chi connectivity index (χ0v) is 8.00. The number of carbonyl (C=O) groups is 1. The molecule has 0 spiro atoms. The number of hydrogen-bond acceptors (Lipinski definition) is 1. The molecule has 0 unspecified atom stereocenters. The third-order valence-electron chi connectivity index (χ3n) is 2.20. The van der Waals surface area contributed by atoms with Crippen molar-refractivity contribution in [2.75, 3.05) is 0 Å². The molecule has 2 nitrogen and oxygen atoms in total. The van der Waals surface area contributed by atoms with Crippen molar-refractivity contribution in [3.05, 3.63) is 34.9 Å². The Morgan fingerprint density at radius 3 is 2.69 bits per heavy atom. The highest BCUT2D eigenvalue weighted by Gasteiger charge is 2.06. The monoisotopic (exact) mass is 178 g/mol. The number of rotatable bonds is 3. The molecule has 0 aliphatic rings. The summed E-state index contributed by atoms with van der Waals surface area (Å²) in [5, 5.41) is 8.68. The maximum Gasteiger partial charge on any atom is 0.307 e. The normalized spacial score (nSPS) is 10.0. The first-order valence-corrected chi connectivity index (χ1v) is 4.44. The summed E-state index contributed by atoms with van der Waals surface area (Å²) >= 11 is 0. The van der Waals surface area contributed by atoms with Gasteiger partial charge in [-0.3, -0.25) is 4.79 Å². The summed E-state index contributed by atoms with van der Waals surface area (Å²) in [4.78, 5) is 10.5. The minimum absolute atomic E-state index is 0.130. The van der Waals surface area contributed by atoms with Gasteiger partial charge in [0.2, 0.25) is 0 Å². The second-order valence-electron chi connectivity index (χ2n) is 3.14. The zero-order valence-electron chi connectivity index (χ0n) is 8.00. The van der Waals surface area contributed by atoms with E-state index in [4.69, 9.17) is 5.11 Å². The number of benzene rings is 1. The number of aliphatic carboxylic acids is 1. The Balaban J connectivity index is 3.05. The number of hydrogen-bond donors (Lipinski definition) is 1. The van der Waals surface area contributed by atoms with E-state index in [1.54, 1.807) is 0 Å². The summed E-state index contributed by atoms with van der Waals surface area (Å²) < 4.78 is 0. The molecule has 0 heterocycles. The maximum atomic E-state index is 10.5. The molecule has 0 radical (unpaired) electrons. The van der Waals surface area contributed by atoms with Crippen molar-refractivity contribution < 1.29 is 9.90 Å². The van der Waals surface area contributed by atoms with Crippen LogP contribution in [0.4, 0.5) is 0 Å². The molecule has 2 heteroatoms. The van der Waals surface area contributed by atoms with E-state index in [0.29, 0.717) is 0 Å². The van der Waals surface area contributed by atoms with Gasteiger partial charge in [-0.2, -0.15) is 0 Å². The fraction of sp³-hybridized carbons (Fsp3) is 0.364. The maximum absolute atomic E-state index is 10.5. The summed E-state index contributed by atoms with van der Waals surface area (Å²) in [5.74, 6) is -0.764. The smallest absolute Gasteiger partial charge is 0.307 e. The van der Waals surface area contributed by atoms with Crippen molar-refractivity contribution in [3.8, 4) is 0 Å². The van der Waals surface area contributed by atoms with Crippen LogP contribution in [0.1, 0.15) is 23.6 Å². The Kier molecular flexibility index (Phi) is 3.07. The molecule has 0 aromatic heterocycles. The van der Waals surface area contributed by atoms with Crippen LogP contribution in [0, 0.1) is 6.92 Å². The molecule has 13 heavy (non-hydrogen) atoms. The number of aryl methyl sites for hydroxylation is 1. The molecule has 0 fully saturated rings. The van der Waals surface area contributed by atoms with Gasteiger partial charge in [-0.05, 0) is 30.0 Å². The van der Waals surface area contributed by atoms with Crippen molar-refractivity contribution >= 4 is 5.97 Å². The predicted octanol–water partition coefficient (Wildman–Crippen LogP) is 2.18. The molecule has 0 saturated heterocycles. The summed E-state index contributed by atoms with van der Waals surface area (Å²) in [6.45, 7) is 4.07. The second kappa shape index (κ2) is 4.08. The van der Waals surface area contributed by atoms with Crippen LogP contribution < -0.4 is 0 Å². The van der Waals surface area contributed by atoms with E-state index in [-0.39, 0.29) is 6.42 Å². The molecule has 0 amide bonds. The lowest BCUT2D eigenvalue weighted by Crippen LogP contribution is -2.04. The third kappa shape index (κ3) is 2.31. The van der Waals surface area contributed by atoms with E-state index in [1.165, 1.54) is 11.1 Å². The summed E-state index contributed by atoms with van der Waals surface area (Å²) in [6.07, 6.45) is 1.03. The standard InChI is InChI=1S/C11H14O2/c1-3-10-8(2)5-4-6-9(10)7-11(12)13/h4-6H,3,7H2,1-2H3,(H,12,13). The molecular formula is C11H14O2. The topological polar surface area (TPSA) is 37.3 Å². The van der Waals surface area contributed by atoms with Crippen LogP contribution in [0.5, 0.6) is 0 Å². The Bertz CT molecular complexity index is 316. The van der Waals surface area contributed by atoms with Crippen LogP contribution in [-0.2, 0) is 17.6 Å². The highest BCUT2D eigenvalue weighted by atomic mass is 16.4. The van der Waals surface area contributed by atoms with E-state index in [1.807, 2.05) is 32.0 Å². The van der Waals surface area contributed by atoms with Gasteiger partial charge in [0.05, 0.1) is 6.42 Å². The summed E-state index contributed by atoms with van der Waals surface area (Å²) in [6, 6.07) is 5.82. The first kappa shape index (κ1) is 9.78. The van der Waals surface area contributed by atoms with Gasteiger partial charge in [-0.1, -0.05) is 25.1 Å². The number of carboxylic acid groups (broad SMARTS) is 1. The van der Waals surface area contributed by atoms with Crippen LogP contribution in [0.3, 0.4) is 0 Å². The molecular weight excluding hydrogens is 164 g/mol. The molecule has 0 aliphatic heterocycles. The molecule has 0 bridgehead atoms. The number of carboxylic acids is 1. The van der Waals surface area contributed by atoms with Gasteiger partial charge in [-0.25, -0.2) is 0 Å². The molecule has 0 saturated carbocycles. The van der Waals surface area contributed by atoms with Gasteiger partial charge in [0, 0.05) is 0 Å². The average molecular weight is 178 g/mol. The first-order chi connectivity index (χ1) is 6.15. The minimum atomic E-state index is -0.764. The third-order valence-corrected chi connectivity index (χ3v) is 2.20. The van der Waals surface area contributed by atoms with Crippen LogP contribution in [0.2, 0.25) is 0 Å². The molecule has 1 rings (SSSR count). The average Bonchev–Trinajstić information content (AvgIpc) is 2.03. The van der Waals surface area contributed by atoms with Crippen LogP contribution >= 0.6 is 0 Å². The Morgan fingerprint density at radius 1 is 1.46 bits per heavy atom. The van der Waals surface area contributed by atoms with E-state index in [0.717, 1.165) is 12.0 Å². The largest absolute Gasteiger partial charge is 0.481 e. The Labute approximate surface area is 78.2 Å². The molecule has 1 aromatic rings. The van der Waals surface area contributed by atoms with E-state index < -0.39 is 5.97 Å². The van der Waals surface area contributed by atoms with Crippen molar-refractivity contribution in [1.29, 1.82) is 0 Å². The van der Waals surface area contributed by atoms with E-state index in [9.17, 15) is 4.79 Å². The van der Waals surface area contributed by atoms with Gasteiger partial charge in [0.15, 0.2) is 0 Å². The second-order valence-corrected chi connectivity index (χ2v) is 3.14. The first-order valence-electron chi connectivity index (χ1n) is 4.44. The van der Waals surface area contributed by atoms with Crippen molar-refractivity contribution in [2.24, 2.45) is 0 Å².